The molecular weight excluding hydrogens is 148 g/mol. The Morgan fingerprint density at radius 3 is 2.30 bits per heavy atom. The van der Waals surface area contributed by atoms with Crippen molar-refractivity contribution in [1.82, 2.24) is 9.97 Å². The number of hydrogen-bond acceptors (Lipinski definition) is 2. The van der Waals surface area contributed by atoms with Gasteiger partial charge < -0.3 is 0 Å². The Balaban J connectivity index is 0.000000371. The van der Waals surface area contributed by atoms with Crippen molar-refractivity contribution in [2.75, 3.05) is 0 Å². The molecule has 10 heavy (non-hydrogen) atoms. The number of hydrogen-bond donors (Lipinski definition) is 0. The van der Waals surface area contributed by atoms with Crippen molar-refractivity contribution in [1.29, 1.82) is 0 Å². The average Bonchev–Trinajstić information content (AvgIpc) is 1.91. The van der Waals surface area contributed by atoms with E-state index in [2.05, 4.69) is 9.97 Å². The number of halogens is 1. The first-order valence-corrected chi connectivity index (χ1v) is 3.62. The minimum atomic E-state index is 0.310. The van der Waals surface area contributed by atoms with E-state index in [9.17, 15) is 0 Å². The highest BCUT2D eigenvalue weighted by Gasteiger charge is 1.85. The first-order valence-electron chi connectivity index (χ1n) is 3.24. The van der Waals surface area contributed by atoms with E-state index in [0.29, 0.717) is 5.28 Å². The van der Waals surface area contributed by atoms with Crippen molar-refractivity contribution in [3.05, 3.63) is 23.2 Å². The predicted molar refractivity (Wildman–Crippen MR) is 43.1 cm³/mol. The van der Waals surface area contributed by atoms with Crippen LogP contribution in [0.25, 0.3) is 0 Å². The van der Waals surface area contributed by atoms with Gasteiger partial charge in [0.05, 0.1) is 0 Å². The van der Waals surface area contributed by atoms with Crippen LogP contribution in [0.2, 0.25) is 5.28 Å². The molecule has 3 heteroatoms. The fraction of sp³-hybridized carbons (Fsp3) is 0.429. The molecule has 0 radical (unpaired) electrons. The molecule has 0 aliphatic carbocycles. The Labute approximate surface area is 66.3 Å². The molecule has 0 aliphatic rings. The Hall–Kier alpha value is -0.630. The van der Waals surface area contributed by atoms with E-state index < -0.39 is 0 Å². The van der Waals surface area contributed by atoms with Gasteiger partial charge in [0.25, 0.3) is 0 Å². The third-order valence-corrected chi connectivity index (χ3v) is 0.948. The maximum atomic E-state index is 5.42. The zero-order chi connectivity index (χ0) is 7.98. The molecule has 0 amide bonds. The van der Waals surface area contributed by atoms with Crippen LogP contribution in [-0.4, -0.2) is 9.97 Å². The van der Waals surface area contributed by atoms with Gasteiger partial charge in [-0.2, -0.15) is 0 Å². The van der Waals surface area contributed by atoms with Crippen LogP contribution in [-0.2, 0) is 0 Å². The fourth-order valence-electron chi connectivity index (χ4n) is 0.418. The summed E-state index contributed by atoms with van der Waals surface area (Å²) in [6, 6.07) is 1.80. The lowest BCUT2D eigenvalue weighted by Gasteiger charge is -1.87. The molecule has 0 atom stereocenters. The highest BCUT2D eigenvalue weighted by Crippen LogP contribution is 1.97. The molecule has 0 aliphatic heterocycles. The number of nitrogens with zero attached hydrogens (tertiary/aromatic N) is 2. The highest BCUT2D eigenvalue weighted by atomic mass is 35.5. The topological polar surface area (TPSA) is 25.8 Å². The second-order valence-electron chi connectivity index (χ2n) is 1.47. The molecule has 1 aromatic rings. The summed E-state index contributed by atoms with van der Waals surface area (Å²) in [7, 11) is 0. The molecule has 0 unspecified atom stereocenters. The summed E-state index contributed by atoms with van der Waals surface area (Å²) in [5, 5.41) is 0.310. The smallest absolute Gasteiger partial charge is 0.222 e. The monoisotopic (exact) mass is 158 g/mol. The molecule has 0 spiro atoms. The van der Waals surface area contributed by atoms with Gasteiger partial charge in [-0.15, -0.1) is 0 Å². The summed E-state index contributed by atoms with van der Waals surface area (Å²) in [5.74, 6) is 0. The second kappa shape index (κ2) is 5.18. The van der Waals surface area contributed by atoms with Crippen molar-refractivity contribution in [3.8, 4) is 0 Å². The van der Waals surface area contributed by atoms with Crippen molar-refractivity contribution < 1.29 is 0 Å². The molecule has 56 valence electrons. The molecule has 1 rings (SSSR count). The van der Waals surface area contributed by atoms with Crippen LogP contribution < -0.4 is 0 Å². The van der Waals surface area contributed by atoms with Crippen LogP contribution in [0.15, 0.2) is 12.3 Å². The van der Waals surface area contributed by atoms with Crippen molar-refractivity contribution in [2.24, 2.45) is 0 Å². The van der Waals surface area contributed by atoms with E-state index in [0.717, 1.165) is 5.69 Å². The lowest BCUT2D eigenvalue weighted by molar-refractivity contribution is 1.10. The third-order valence-electron chi connectivity index (χ3n) is 0.765. The summed E-state index contributed by atoms with van der Waals surface area (Å²) in [4.78, 5) is 7.52. The normalized spacial score (nSPS) is 8.00. The first-order chi connectivity index (χ1) is 4.79. The van der Waals surface area contributed by atoms with E-state index in [4.69, 9.17) is 11.6 Å². The van der Waals surface area contributed by atoms with Gasteiger partial charge in [0.1, 0.15) is 0 Å². The van der Waals surface area contributed by atoms with E-state index in [1.54, 1.807) is 12.3 Å². The van der Waals surface area contributed by atoms with E-state index in [-0.39, 0.29) is 0 Å². The van der Waals surface area contributed by atoms with E-state index >= 15 is 0 Å². The Morgan fingerprint density at radius 1 is 1.40 bits per heavy atom. The lowest BCUT2D eigenvalue weighted by Crippen LogP contribution is -1.82. The second-order valence-corrected chi connectivity index (χ2v) is 1.81. The van der Waals surface area contributed by atoms with Gasteiger partial charge in [0, 0.05) is 11.9 Å². The standard InChI is InChI=1S/C5H5ClN2.C2H6/c1-4-2-3-7-5(6)8-4;1-2/h2-3H,1H3;1-2H3. The molecule has 0 saturated carbocycles. The molecule has 0 bridgehead atoms. The molecule has 0 fully saturated rings. The SMILES string of the molecule is CC.Cc1ccnc(Cl)n1. The van der Waals surface area contributed by atoms with Gasteiger partial charge in [0.15, 0.2) is 0 Å². The summed E-state index contributed by atoms with van der Waals surface area (Å²) < 4.78 is 0. The zero-order valence-electron chi connectivity index (χ0n) is 6.43. The summed E-state index contributed by atoms with van der Waals surface area (Å²) in [6.45, 7) is 5.87. The molecule has 0 aromatic carbocycles. The largest absolute Gasteiger partial charge is 0.227 e. The van der Waals surface area contributed by atoms with Crippen LogP contribution in [0.5, 0.6) is 0 Å². The number of aromatic nitrogens is 2. The molecular formula is C7H11ClN2. The van der Waals surface area contributed by atoms with Crippen LogP contribution >= 0.6 is 11.6 Å². The fourth-order valence-corrected chi connectivity index (χ4v) is 0.608. The van der Waals surface area contributed by atoms with E-state index in [1.807, 2.05) is 20.8 Å². The molecule has 0 saturated heterocycles. The van der Waals surface area contributed by atoms with Crippen molar-refractivity contribution in [2.45, 2.75) is 20.8 Å². The molecule has 1 aromatic heterocycles. The van der Waals surface area contributed by atoms with Crippen LogP contribution in [0.1, 0.15) is 19.5 Å². The maximum absolute atomic E-state index is 5.42. The Morgan fingerprint density at radius 2 is 2.00 bits per heavy atom. The van der Waals surface area contributed by atoms with Crippen LogP contribution in [0.3, 0.4) is 0 Å². The van der Waals surface area contributed by atoms with Gasteiger partial charge in [-0.05, 0) is 24.6 Å². The van der Waals surface area contributed by atoms with Gasteiger partial charge >= 0.3 is 0 Å². The van der Waals surface area contributed by atoms with Crippen molar-refractivity contribution >= 4 is 11.6 Å². The quantitative estimate of drug-likeness (QED) is 0.542. The molecule has 0 N–H and O–H groups in total. The van der Waals surface area contributed by atoms with Crippen LogP contribution in [0.4, 0.5) is 0 Å². The minimum absolute atomic E-state index is 0.310. The Kier molecular flexibility index (Phi) is 4.85. The summed E-state index contributed by atoms with van der Waals surface area (Å²) in [5.41, 5.74) is 0.894. The minimum Gasteiger partial charge on any atom is -0.227 e. The highest BCUT2D eigenvalue weighted by molar-refractivity contribution is 6.28. The predicted octanol–water partition coefficient (Wildman–Crippen LogP) is 2.46. The maximum Gasteiger partial charge on any atom is 0.222 e. The average molecular weight is 159 g/mol. The Bertz CT molecular complexity index is 171. The summed E-state index contributed by atoms with van der Waals surface area (Å²) in [6.07, 6.45) is 1.63. The van der Waals surface area contributed by atoms with Gasteiger partial charge in [0.2, 0.25) is 5.28 Å². The molecule has 2 nitrogen and oxygen atoms in total. The zero-order valence-corrected chi connectivity index (χ0v) is 7.18. The lowest BCUT2D eigenvalue weighted by atomic mass is 10.5. The van der Waals surface area contributed by atoms with Gasteiger partial charge in [-0.25, -0.2) is 9.97 Å². The molecule has 1 heterocycles. The summed E-state index contributed by atoms with van der Waals surface area (Å²) >= 11 is 5.42. The van der Waals surface area contributed by atoms with Crippen molar-refractivity contribution in [3.63, 3.8) is 0 Å². The third kappa shape index (κ3) is 3.41. The van der Waals surface area contributed by atoms with Crippen LogP contribution in [0, 0.1) is 6.92 Å². The number of aryl methyl sites for hydroxylation is 1. The van der Waals surface area contributed by atoms with Gasteiger partial charge in [-0.1, -0.05) is 13.8 Å². The van der Waals surface area contributed by atoms with Gasteiger partial charge in [-0.3, -0.25) is 0 Å². The first kappa shape index (κ1) is 9.37. The number of rotatable bonds is 0. The van der Waals surface area contributed by atoms with E-state index in [1.165, 1.54) is 0 Å².